The molecule has 20 heteroatoms. The number of azo groups is 2. The molecule has 5 amide bonds. The van der Waals surface area contributed by atoms with Crippen LogP contribution in [0.1, 0.15) is 92.3 Å². The van der Waals surface area contributed by atoms with Crippen molar-refractivity contribution in [2.75, 3.05) is 18.1 Å². The normalized spacial score (nSPS) is 20.8. The van der Waals surface area contributed by atoms with E-state index in [2.05, 4.69) is 52.1 Å². The Labute approximate surface area is 422 Å². The molecule has 4 aliphatic heterocycles. The lowest BCUT2D eigenvalue weighted by molar-refractivity contribution is -0.121. The number of aromatic hydroxyl groups is 2. The maximum absolute atomic E-state index is 12.2. The van der Waals surface area contributed by atoms with Gasteiger partial charge in [-0.05, 0) is 116 Å². The lowest BCUT2D eigenvalue weighted by atomic mass is 10.0. The Morgan fingerprint density at radius 1 is 0.662 bits per heavy atom. The van der Waals surface area contributed by atoms with Gasteiger partial charge in [-0.3, -0.25) is 24.8 Å². The number of amides is 5. The van der Waals surface area contributed by atoms with Crippen LogP contribution >= 0.6 is 23.5 Å². The molecule has 0 unspecified atom stereocenters. The number of nitrogens with two attached hydrogens (primary N) is 1. The Morgan fingerprint density at radius 2 is 1.14 bits per heavy atom. The van der Waals surface area contributed by atoms with Crippen molar-refractivity contribution in [3.8, 4) is 11.5 Å². The van der Waals surface area contributed by atoms with Crippen LogP contribution in [-0.4, -0.2) is 99.2 Å². The minimum Gasteiger partial charge on any atom is -0.506 e. The van der Waals surface area contributed by atoms with Crippen LogP contribution in [0.15, 0.2) is 110 Å². The van der Waals surface area contributed by atoms with Gasteiger partial charge in [0.05, 0.1) is 42.1 Å². The molecule has 18 nitrogen and oxygen atoms in total. The van der Waals surface area contributed by atoms with E-state index in [0.29, 0.717) is 51.7 Å². The number of benzene rings is 4. The molecule has 0 bridgehead atoms. The third kappa shape index (κ3) is 16.7. The summed E-state index contributed by atoms with van der Waals surface area (Å²) in [6.45, 7) is 4.26. The maximum atomic E-state index is 12.2. The number of phenolic OH excluding ortho intramolecular Hbond substituents is 2. The molecule has 8 rings (SSSR count). The first-order chi connectivity index (χ1) is 34.4. The number of carbonyl (C=O) groups excluding carboxylic acids is 5. The highest BCUT2D eigenvalue weighted by Gasteiger charge is 2.43. The van der Waals surface area contributed by atoms with Crippen LogP contribution in [-0.2, 0) is 22.4 Å². The smallest absolute Gasteiger partial charge is 0.315 e. The Morgan fingerprint density at radius 3 is 1.61 bits per heavy atom. The Hall–Kier alpha value is -6.64. The van der Waals surface area contributed by atoms with Crippen LogP contribution in [0, 0.1) is 0 Å². The van der Waals surface area contributed by atoms with Crippen LogP contribution in [0.2, 0.25) is 0 Å². The number of rotatable bonds is 20. The summed E-state index contributed by atoms with van der Waals surface area (Å²) in [5.41, 5.74) is 7.96. The fraction of sp³-hybridized carbons (Fsp3) is 0.412. The van der Waals surface area contributed by atoms with Crippen molar-refractivity contribution in [3.05, 3.63) is 107 Å². The molecule has 0 radical (unpaired) electrons. The molecule has 4 fully saturated rings. The number of phenols is 2. The average molecular weight is 1010 g/mol. The van der Waals surface area contributed by atoms with Crippen LogP contribution in [0.4, 0.5) is 32.3 Å². The van der Waals surface area contributed by atoms with Crippen LogP contribution in [0.3, 0.4) is 0 Å². The fourth-order valence-electron chi connectivity index (χ4n) is 8.20. The molecular formula is C51H63N11O7S2. The SMILES string of the molecule is CCc1ccc(O)c(N=Nc2ccc(C=NCC(=O)CCCC[C@@H]3SC[C@@H]4NC(=O)N[C@@H]43)cc2)c1.CCc1ccc(O)c(N=Nc2ccc(C=O)cc2)c1.NNC(=O)CCCC[C@@H]1SC[C@@H]2NC(=O)N[C@@H]21. The summed E-state index contributed by atoms with van der Waals surface area (Å²) in [5.74, 6) is 7.17. The number of carbonyl (C=O) groups is 5. The second-order valence-corrected chi connectivity index (χ2v) is 19.9. The van der Waals surface area contributed by atoms with E-state index in [1.54, 1.807) is 48.7 Å². The van der Waals surface area contributed by atoms with Gasteiger partial charge in [0.25, 0.3) is 0 Å². The number of thioether (sulfide) groups is 2. The number of aryl methyl sites for hydroxylation is 2. The monoisotopic (exact) mass is 1010 g/mol. The molecular weight excluding hydrogens is 943 g/mol. The van der Waals surface area contributed by atoms with Crippen molar-refractivity contribution in [1.29, 1.82) is 0 Å². The van der Waals surface area contributed by atoms with Crippen molar-refractivity contribution in [2.24, 2.45) is 31.3 Å². The van der Waals surface area contributed by atoms with E-state index in [1.807, 2.05) is 79.8 Å². The van der Waals surface area contributed by atoms with E-state index in [4.69, 9.17) is 5.84 Å². The van der Waals surface area contributed by atoms with Gasteiger partial charge >= 0.3 is 12.1 Å². The summed E-state index contributed by atoms with van der Waals surface area (Å²) in [7, 11) is 0. The molecule has 4 heterocycles. The number of unbranched alkanes of at least 4 members (excludes halogenated alkanes) is 2. The molecule has 0 spiro atoms. The molecule has 4 aromatic rings. The van der Waals surface area contributed by atoms with Gasteiger partial charge in [-0.1, -0.05) is 51.0 Å². The number of nitrogens with zero attached hydrogens (tertiary/aromatic N) is 5. The summed E-state index contributed by atoms with van der Waals surface area (Å²) in [6.07, 6.45) is 10.9. The summed E-state index contributed by atoms with van der Waals surface area (Å²) in [6, 6.07) is 25.6. The summed E-state index contributed by atoms with van der Waals surface area (Å²) in [4.78, 5) is 60.5. The van der Waals surface area contributed by atoms with Gasteiger partial charge < -0.3 is 31.5 Å². The topological polar surface area (TPSA) is 274 Å². The lowest BCUT2D eigenvalue weighted by Gasteiger charge is -2.16. The molecule has 0 saturated carbocycles. The molecule has 0 aromatic heterocycles. The Kier molecular flexibility index (Phi) is 20.9. The number of hydrogen-bond donors (Lipinski definition) is 8. The molecule has 4 aromatic carbocycles. The number of aliphatic imine (C=N–C) groups is 1. The van der Waals surface area contributed by atoms with Crippen LogP contribution in [0.5, 0.6) is 11.5 Å². The number of aldehydes is 1. The van der Waals surface area contributed by atoms with Gasteiger partial charge in [-0.25, -0.2) is 15.4 Å². The number of hydrogen-bond acceptors (Lipinski definition) is 15. The van der Waals surface area contributed by atoms with Gasteiger partial charge in [0.15, 0.2) is 5.78 Å². The zero-order chi connectivity index (χ0) is 50.5. The number of nitrogens with one attached hydrogen (secondary N) is 5. The van der Waals surface area contributed by atoms with E-state index < -0.39 is 0 Å². The molecule has 376 valence electrons. The van der Waals surface area contributed by atoms with Crippen LogP contribution in [0.25, 0.3) is 0 Å². The Balaban J connectivity index is 0.000000193. The molecule has 9 N–H and O–H groups in total. The largest absolute Gasteiger partial charge is 0.506 e. The number of hydrazine groups is 1. The summed E-state index contributed by atoms with van der Waals surface area (Å²) < 4.78 is 0. The maximum Gasteiger partial charge on any atom is 0.315 e. The number of Topliss-reactive ketones (excluding diaryl/α,β-unsaturated/α-hetero) is 1. The highest BCUT2D eigenvalue weighted by molar-refractivity contribution is 8.00. The van der Waals surface area contributed by atoms with Crippen molar-refractivity contribution >= 4 is 82.5 Å². The van der Waals surface area contributed by atoms with Crippen molar-refractivity contribution in [2.45, 2.75) is 113 Å². The Bertz CT molecular complexity index is 2530. The third-order valence-electron chi connectivity index (χ3n) is 12.2. The fourth-order valence-corrected chi connectivity index (χ4v) is 11.3. The van der Waals surface area contributed by atoms with Crippen molar-refractivity contribution in [3.63, 3.8) is 0 Å². The highest BCUT2D eigenvalue weighted by Crippen LogP contribution is 2.35. The first-order valence-electron chi connectivity index (χ1n) is 24.0. The first-order valence-corrected chi connectivity index (χ1v) is 26.1. The minimum absolute atomic E-state index is 0.0483. The van der Waals surface area contributed by atoms with Gasteiger partial charge in [-0.15, -0.1) is 10.2 Å². The molecule has 0 aliphatic carbocycles. The van der Waals surface area contributed by atoms with Crippen molar-refractivity contribution < 1.29 is 34.2 Å². The predicted molar refractivity (Wildman–Crippen MR) is 279 cm³/mol. The highest BCUT2D eigenvalue weighted by atomic mass is 32.2. The zero-order valence-corrected chi connectivity index (χ0v) is 41.6. The van der Waals surface area contributed by atoms with Gasteiger partial charge in [0.1, 0.15) is 29.2 Å². The quantitative estimate of drug-likeness (QED) is 0.00608. The van der Waals surface area contributed by atoms with Gasteiger partial charge in [0, 0.05) is 46.6 Å². The standard InChI is InChI=1S/C26H31N5O3S.C15H14N2O2.C10H18N4O2S/c1-2-17-9-12-23(33)21(13-17)31-30-19-10-7-18(8-11-19)14-27-15-20(32)5-3-4-6-24-25-22(16-35-24)28-26(34)29-25;1-2-11-5-8-15(19)14(9-11)17-16-13-6-3-12(10-18)4-7-13;11-14-8(15)4-2-1-3-7-9-6(5-17-7)12-10(16)13-9/h7-14,22,24-25,33H,2-6,15-16H2,1H3,(H2,28,29,34);3-10,19H,2H2,1H3;6-7,9H,1-5,11H2,(H,14,15)(H2,12,13,16)/t22-,24-,25-;;6-,7-,9-/m0.0/s1. The summed E-state index contributed by atoms with van der Waals surface area (Å²) >= 11 is 3.80. The van der Waals surface area contributed by atoms with E-state index >= 15 is 0 Å². The molecule has 4 aliphatic rings. The van der Waals surface area contributed by atoms with E-state index in [0.717, 1.165) is 85.8 Å². The third-order valence-corrected chi connectivity index (χ3v) is 15.3. The molecule has 6 atom stereocenters. The van der Waals surface area contributed by atoms with Crippen molar-refractivity contribution in [1.82, 2.24) is 26.7 Å². The second-order valence-electron chi connectivity index (χ2n) is 17.4. The minimum atomic E-state index is -0.113. The second kappa shape index (κ2) is 27.7. The number of urea groups is 2. The molecule has 71 heavy (non-hydrogen) atoms. The number of ketones is 1. The zero-order valence-electron chi connectivity index (χ0n) is 40.0. The van der Waals surface area contributed by atoms with E-state index in [-0.39, 0.29) is 66.0 Å². The molecule has 4 saturated heterocycles. The summed E-state index contributed by atoms with van der Waals surface area (Å²) in [5, 5.41) is 48.8. The predicted octanol–water partition coefficient (Wildman–Crippen LogP) is 8.97. The van der Waals surface area contributed by atoms with Crippen LogP contribution < -0.4 is 32.5 Å². The van der Waals surface area contributed by atoms with Gasteiger partial charge in [-0.2, -0.15) is 33.8 Å². The lowest BCUT2D eigenvalue weighted by Crippen LogP contribution is -2.36. The van der Waals surface area contributed by atoms with Gasteiger partial charge in [0.2, 0.25) is 5.91 Å². The first kappa shape index (κ1) is 53.7. The van der Waals surface area contributed by atoms with E-state index in [9.17, 15) is 34.2 Å². The number of fused-ring (bicyclic) bond motifs is 2. The van der Waals surface area contributed by atoms with E-state index in [1.165, 1.54) is 0 Å². The average Bonchev–Trinajstić information content (AvgIpc) is 4.16.